The van der Waals surface area contributed by atoms with Crippen molar-refractivity contribution in [1.82, 2.24) is 0 Å². The summed E-state index contributed by atoms with van der Waals surface area (Å²) in [6.07, 6.45) is 22.5. The van der Waals surface area contributed by atoms with Crippen LogP contribution >= 0.6 is 0 Å². The standard InChI is InChI=1S/C22H40O4.Na/c1-2-3-4-5-6-7-8-9-10-11-12-13-14-15-16-17-20-26-22(25)19-18-21(23)24;/h17,20H,2-16,18-19H2,1H3,(H,23,24);/q;+1/p-1. The molecule has 5 heteroatoms. The van der Waals surface area contributed by atoms with E-state index in [9.17, 15) is 14.7 Å². The number of aliphatic carboxylic acids is 1. The second-order valence-corrected chi connectivity index (χ2v) is 7.12. The summed E-state index contributed by atoms with van der Waals surface area (Å²) in [4.78, 5) is 21.3. The van der Waals surface area contributed by atoms with Crippen molar-refractivity contribution in [3.8, 4) is 0 Å². The molecule has 0 heterocycles. The molecule has 0 aliphatic carbocycles. The number of rotatable bonds is 19. The first kappa shape index (κ1) is 28.9. The summed E-state index contributed by atoms with van der Waals surface area (Å²) in [5, 5.41) is 10.2. The minimum Gasteiger partial charge on any atom is -0.550 e. The Balaban J connectivity index is 0. The predicted octanol–water partition coefficient (Wildman–Crippen LogP) is 2.45. The number of ether oxygens (including phenoxy) is 1. The molecule has 0 atom stereocenters. The van der Waals surface area contributed by atoms with Crippen molar-refractivity contribution in [3.05, 3.63) is 12.3 Å². The van der Waals surface area contributed by atoms with Crippen LogP contribution in [-0.2, 0) is 14.3 Å². The molecule has 0 aromatic rings. The maximum Gasteiger partial charge on any atom is 1.00 e. The summed E-state index contributed by atoms with van der Waals surface area (Å²) in [6.45, 7) is 2.26. The zero-order valence-electron chi connectivity index (χ0n) is 17.8. The topological polar surface area (TPSA) is 66.4 Å². The third-order valence-corrected chi connectivity index (χ3v) is 4.55. The van der Waals surface area contributed by atoms with Gasteiger partial charge < -0.3 is 14.6 Å². The Hall–Kier alpha value is -0.320. The summed E-state index contributed by atoms with van der Waals surface area (Å²) in [5.41, 5.74) is 0. The van der Waals surface area contributed by atoms with Gasteiger partial charge in [0.25, 0.3) is 0 Å². The van der Waals surface area contributed by atoms with Crippen LogP contribution in [0.2, 0.25) is 0 Å². The van der Waals surface area contributed by atoms with Crippen LogP contribution < -0.4 is 34.7 Å². The summed E-state index contributed by atoms with van der Waals surface area (Å²) < 4.78 is 4.80. The molecule has 0 fully saturated rings. The fourth-order valence-corrected chi connectivity index (χ4v) is 2.91. The van der Waals surface area contributed by atoms with Gasteiger partial charge in [0.2, 0.25) is 0 Å². The molecule has 27 heavy (non-hydrogen) atoms. The van der Waals surface area contributed by atoms with Crippen molar-refractivity contribution in [3.63, 3.8) is 0 Å². The molecule has 0 radical (unpaired) electrons. The fraction of sp³-hybridized carbons (Fsp3) is 0.818. The number of esters is 1. The zero-order chi connectivity index (χ0) is 19.3. The van der Waals surface area contributed by atoms with Crippen LogP contribution in [0.5, 0.6) is 0 Å². The second-order valence-electron chi connectivity index (χ2n) is 7.12. The second kappa shape index (κ2) is 23.7. The normalized spacial score (nSPS) is 10.7. The smallest absolute Gasteiger partial charge is 0.550 e. The van der Waals surface area contributed by atoms with Gasteiger partial charge in [0.05, 0.1) is 12.7 Å². The van der Waals surface area contributed by atoms with Gasteiger partial charge >= 0.3 is 35.5 Å². The first-order valence-corrected chi connectivity index (χ1v) is 10.7. The molecule has 0 rings (SSSR count). The van der Waals surface area contributed by atoms with Crippen molar-refractivity contribution in [2.75, 3.05) is 0 Å². The Bertz CT molecular complexity index is 369. The average molecular weight is 391 g/mol. The van der Waals surface area contributed by atoms with Crippen molar-refractivity contribution in [2.24, 2.45) is 0 Å². The van der Waals surface area contributed by atoms with Gasteiger partial charge in [-0.2, -0.15) is 0 Å². The molecule has 0 aromatic carbocycles. The summed E-state index contributed by atoms with van der Waals surface area (Å²) in [7, 11) is 0. The first-order valence-electron chi connectivity index (χ1n) is 10.7. The molecule has 0 bridgehead atoms. The van der Waals surface area contributed by atoms with E-state index in [4.69, 9.17) is 4.74 Å². The van der Waals surface area contributed by atoms with Crippen LogP contribution in [0.1, 0.15) is 116 Å². The third-order valence-electron chi connectivity index (χ3n) is 4.55. The molecule has 0 unspecified atom stereocenters. The average Bonchev–Trinajstić information content (AvgIpc) is 2.62. The molecule has 0 saturated carbocycles. The van der Waals surface area contributed by atoms with Crippen molar-refractivity contribution < 1.29 is 49.0 Å². The van der Waals surface area contributed by atoms with E-state index >= 15 is 0 Å². The van der Waals surface area contributed by atoms with E-state index in [-0.39, 0.29) is 42.4 Å². The van der Waals surface area contributed by atoms with E-state index in [2.05, 4.69) is 6.92 Å². The van der Waals surface area contributed by atoms with Gasteiger partial charge in [0.15, 0.2) is 0 Å². The van der Waals surface area contributed by atoms with Gasteiger partial charge in [-0.15, -0.1) is 0 Å². The zero-order valence-corrected chi connectivity index (χ0v) is 19.8. The maximum absolute atomic E-state index is 11.1. The van der Waals surface area contributed by atoms with Gasteiger partial charge in [-0.05, 0) is 25.3 Å². The van der Waals surface area contributed by atoms with E-state index in [1.54, 1.807) is 0 Å². The maximum atomic E-state index is 11.1. The Morgan fingerprint density at radius 1 is 0.741 bits per heavy atom. The van der Waals surface area contributed by atoms with Crippen molar-refractivity contribution >= 4 is 11.9 Å². The van der Waals surface area contributed by atoms with E-state index in [0.29, 0.717) is 0 Å². The number of unbranched alkanes of at least 4 members (excludes halogenated alkanes) is 14. The number of carbonyl (C=O) groups is 2. The Kier molecular flexibility index (Phi) is 25.4. The van der Waals surface area contributed by atoms with Gasteiger partial charge in [0, 0.05) is 5.97 Å². The minimum absolute atomic E-state index is 0. The van der Waals surface area contributed by atoms with E-state index < -0.39 is 11.9 Å². The largest absolute Gasteiger partial charge is 1.00 e. The molecular weight excluding hydrogens is 351 g/mol. The van der Waals surface area contributed by atoms with Crippen molar-refractivity contribution in [1.29, 1.82) is 0 Å². The van der Waals surface area contributed by atoms with Crippen LogP contribution in [0.4, 0.5) is 0 Å². The van der Waals surface area contributed by atoms with Crippen LogP contribution in [0, 0.1) is 0 Å². The Morgan fingerprint density at radius 2 is 1.19 bits per heavy atom. The van der Waals surface area contributed by atoms with Crippen LogP contribution in [0.3, 0.4) is 0 Å². The first-order chi connectivity index (χ1) is 12.7. The number of carboxylic acids is 1. The fourth-order valence-electron chi connectivity index (χ4n) is 2.91. The predicted molar refractivity (Wildman–Crippen MR) is 104 cm³/mol. The van der Waals surface area contributed by atoms with Gasteiger partial charge in [-0.25, -0.2) is 0 Å². The number of hydrogen-bond acceptors (Lipinski definition) is 4. The quantitative estimate of drug-likeness (QED) is 0.147. The number of carbonyl (C=O) groups excluding carboxylic acids is 2. The number of hydrogen-bond donors (Lipinski definition) is 0. The van der Waals surface area contributed by atoms with E-state index in [0.717, 1.165) is 12.8 Å². The van der Waals surface area contributed by atoms with E-state index in [1.165, 1.54) is 89.7 Å². The SMILES string of the molecule is CCCCCCCCCCCCCCCCC=COC(=O)CCC(=O)[O-].[Na+]. The van der Waals surface area contributed by atoms with Crippen LogP contribution in [-0.4, -0.2) is 11.9 Å². The van der Waals surface area contributed by atoms with Crippen molar-refractivity contribution in [2.45, 2.75) is 116 Å². The molecule has 0 saturated heterocycles. The Morgan fingerprint density at radius 3 is 1.63 bits per heavy atom. The molecular formula is C22H39NaO4. The molecule has 0 aliphatic heterocycles. The summed E-state index contributed by atoms with van der Waals surface area (Å²) >= 11 is 0. The summed E-state index contributed by atoms with van der Waals surface area (Å²) in [5.74, 6) is -1.75. The molecule has 0 amide bonds. The minimum atomic E-state index is -1.23. The number of carboxylic acid groups (broad SMARTS) is 1. The van der Waals surface area contributed by atoms with Gasteiger partial charge in [-0.1, -0.05) is 90.4 Å². The van der Waals surface area contributed by atoms with Gasteiger partial charge in [-0.3, -0.25) is 4.79 Å². The third kappa shape index (κ3) is 25.7. The van der Waals surface area contributed by atoms with E-state index in [1.807, 2.05) is 6.08 Å². The number of allylic oxidation sites excluding steroid dienone is 1. The molecule has 0 N–H and O–H groups in total. The molecule has 0 aliphatic rings. The molecule has 152 valence electrons. The van der Waals surface area contributed by atoms with Crippen LogP contribution in [0.25, 0.3) is 0 Å². The van der Waals surface area contributed by atoms with Gasteiger partial charge in [0.1, 0.15) is 0 Å². The monoisotopic (exact) mass is 390 g/mol. The summed E-state index contributed by atoms with van der Waals surface area (Å²) in [6, 6.07) is 0. The molecule has 4 nitrogen and oxygen atoms in total. The molecule has 0 spiro atoms. The Labute approximate surface area is 188 Å². The molecule has 0 aromatic heterocycles. The van der Waals surface area contributed by atoms with Crippen LogP contribution in [0.15, 0.2) is 12.3 Å².